The predicted octanol–water partition coefficient (Wildman–Crippen LogP) is 5.86. The molecule has 1 spiro atoms. The molecule has 37 heavy (non-hydrogen) atoms. The van der Waals surface area contributed by atoms with Crippen molar-refractivity contribution in [1.82, 2.24) is 10.2 Å². The van der Waals surface area contributed by atoms with Crippen LogP contribution >= 0.6 is 11.6 Å². The fourth-order valence-electron chi connectivity index (χ4n) is 7.85. The van der Waals surface area contributed by atoms with Gasteiger partial charge in [-0.25, -0.2) is 4.39 Å². The largest absolute Gasteiger partial charge is 0.380 e. The van der Waals surface area contributed by atoms with E-state index < -0.39 is 5.41 Å². The molecule has 2 aromatic carbocycles. The van der Waals surface area contributed by atoms with E-state index in [4.69, 9.17) is 16.3 Å². The Morgan fingerprint density at radius 3 is 2.73 bits per heavy atom. The number of hydrogen-bond donors (Lipinski definition) is 1. The van der Waals surface area contributed by atoms with Crippen LogP contribution in [0, 0.1) is 17.7 Å². The molecule has 6 rings (SSSR count). The molecule has 2 saturated heterocycles. The molecular weight excluding hydrogens is 487 g/mol. The van der Waals surface area contributed by atoms with E-state index in [1.54, 1.807) is 0 Å². The number of halogens is 2. The predicted molar refractivity (Wildman–Crippen MR) is 144 cm³/mol. The summed E-state index contributed by atoms with van der Waals surface area (Å²) in [4.78, 5) is 16.8. The summed E-state index contributed by atoms with van der Waals surface area (Å²) >= 11 is 6.25. The number of hydrogen-bond acceptors (Lipinski definition) is 3. The summed E-state index contributed by atoms with van der Waals surface area (Å²) in [5.74, 6) is 0.551. The molecule has 0 bridgehead atoms. The SMILES string of the molecule is O=C(C1CNCC12COCCc1cc(Cl)cc(F)c12)N1CCC(c2ccccc2)CC1C1CCCCC1. The highest BCUT2D eigenvalue weighted by molar-refractivity contribution is 6.30. The lowest BCUT2D eigenvalue weighted by molar-refractivity contribution is -0.143. The van der Waals surface area contributed by atoms with Gasteiger partial charge in [0.1, 0.15) is 5.82 Å². The summed E-state index contributed by atoms with van der Waals surface area (Å²) in [6.45, 7) is 2.74. The number of carbonyl (C=O) groups is 1. The zero-order chi connectivity index (χ0) is 25.4. The van der Waals surface area contributed by atoms with E-state index in [1.165, 1.54) is 43.7 Å². The summed E-state index contributed by atoms with van der Waals surface area (Å²) in [5, 5.41) is 3.87. The lowest BCUT2D eigenvalue weighted by Crippen LogP contribution is -2.55. The van der Waals surface area contributed by atoms with Gasteiger partial charge in [0.25, 0.3) is 0 Å². The Morgan fingerprint density at radius 2 is 1.92 bits per heavy atom. The number of rotatable bonds is 3. The molecule has 3 heterocycles. The molecule has 1 amide bonds. The Morgan fingerprint density at radius 1 is 1.11 bits per heavy atom. The van der Waals surface area contributed by atoms with E-state index >= 15 is 4.39 Å². The van der Waals surface area contributed by atoms with Gasteiger partial charge in [-0.2, -0.15) is 0 Å². The number of nitrogens with one attached hydrogen (secondary N) is 1. The van der Waals surface area contributed by atoms with Crippen LogP contribution in [0.1, 0.15) is 67.6 Å². The summed E-state index contributed by atoms with van der Waals surface area (Å²) in [5.41, 5.74) is 2.21. The Bertz CT molecular complexity index is 1120. The van der Waals surface area contributed by atoms with Crippen LogP contribution in [-0.4, -0.2) is 49.7 Å². The number of fused-ring (bicyclic) bond motifs is 2. The zero-order valence-corrected chi connectivity index (χ0v) is 22.3. The van der Waals surface area contributed by atoms with Gasteiger partial charge in [0.2, 0.25) is 5.91 Å². The molecule has 1 aliphatic carbocycles. The minimum atomic E-state index is -0.703. The zero-order valence-electron chi connectivity index (χ0n) is 21.6. The first-order chi connectivity index (χ1) is 18.1. The minimum absolute atomic E-state index is 0.179. The highest BCUT2D eigenvalue weighted by atomic mass is 35.5. The average Bonchev–Trinajstić information content (AvgIpc) is 3.25. The van der Waals surface area contributed by atoms with Crippen LogP contribution in [0.5, 0.6) is 0 Å². The van der Waals surface area contributed by atoms with E-state index in [2.05, 4.69) is 40.5 Å². The molecule has 4 unspecified atom stereocenters. The normalized spacial score (nSPS) is 30.8. The monoisotopic (exact) mass is 524 g/mol. The van der Waals surface area contributed by atoms with Crippen molar-refractivity contribution >= 4 is 17.5 Å². The van der Waals surface area contributed by atoms with Gasteiger partial charge in [0.15, 0.2) is 0 Å². The standard InChI is InChI=1S/C31H38ClFN2O2/c32-25-15-24-12-14-37-20-31(29(24)27(33)17-25)19-34-18-26(31)30(36)35-13-11-23(21-7-3-1-4-8-21)16-28(35)22-9-5-2-6-10-22/h1,3-4,7-8,15,17,22-23,26,28,34H,2,5-6,9-14,16,18-20H2. The number of amides is 1. The van der Waals surface area contributed by atoms with Gasteiger partial charge in [-0.15, -0.1) is 0 Å². The van der Waals surface area contributed by atoms with Crippen molar-refractivity contribution in [2.45, 2.75) is 68.7 Å². The second-order valence-corrected chi connectivity index (χ2v) is 12.1. The van der Waals surface area contributed by atoms with Gasteiger partial charge in [-0.05, 0) is 67.2 Å². The maximum Gasteiger partial charge on any atom is 0.228 e. The first-order valence-corrected chi connectivity index (χ1v) is 14.6. The Hall–Kier alpha value is -1.95. The number of ether oxygens (including phenoxy) is 1. The molecule has 2 aromatic rings. The Kier molecular flexibility index (Phi) is 7.30. The molecule has 3 aliphatic heterocycles. The van der Waals surface area contributed by atoms with E-state index in [0.717, 1.165) is 24.9 Å². The second-order valence-electron chi connectivity index (χ2n) is 11.7. The summed E-state index contributed by atoms with van der Waals surface area (Å²) in [6.07, 6.45) is 8.80. The van der Waals surface area contributed by atoms with Gasteiger partial charge < -0.3 is 15.0 Å². The summed E-state index contributed by atoms with van der Waals surface area (Å²) < 4.78 is 21.7. The number of carbonyl (C=O) groups excluding carboxylic acids is 1. The van der Waals surface area contributed by atoms with Crippen molar-refractivity contribution in [2.24, 2.45) is 11.8 Å². The van der Waals surface area contributed by atoms with E-state index in [0.29, 0.717) is 55.1 Å². The second kappa shape index (κ2) is 10.7. The van der Waals surface area contributed by atoms with Crippen LogP contribution in [0.25, 0.3) is 0 Å². The van der Waals surface area contributed by atoms with Crippen molar-refractivity contribution < 1.29 is 13.9 Å². The van der Waals surface area contributed by atoms with Gasteiger partial charge >= 0.3 is 0 Å². The number of likely N-dealkylation sites (tertiary alicyclic amines) is 1. The molecule has 1 N–H and O–H groups in total. The fraction of sp³-hybridized carbons (Fsp3) is 0.581. The quantitative estimate of drug-likeness (QED) is 0.546. The van der Waals surface area contributed by atoms with Crippen molar-refractivity contribution in [1.29, 1.82) is 0 Å². The molecule has 0 aromatic heterocycles. The smallest absolute Gasteiger partial charge is 0.228 e. The summed E-state index contributed by atoms with van der Waals surface area (Å²) in [7, 11) is 0. The minimum Gasteiger partial charge on any atom is -0.380 e. The van der Waals surface area contributed by atoms with Gasteiger partial charge in [0.05, 0.1) is 19.1 Å². The molecule has 4 atom stereocenters. The van der Waals surface area contributed by atoms with E-state index in [9.17, 15) is 4.79 Å². The average molecular weight is 525 g/mol. The molecule has 4 aliphatic rings. The maximum absolute atomic E-state index is 15.6. The molecule has 6 heteroatoms. The third kappa shape index (κ3) is 4.72. The van der Waals surface area contributed by atoms with Crippen LogP contribution in [0.4, 0.5) is 4.39 Å². The Labute approximate surface area is 224 Å². The highest BCUT2D eigenvalue weighted by Gasteiger charge is 2.53. The third-order valence-corrected chi connectivity index (χ3v) is 9.88. The molecule has 3 fully saturated rings. The lowest BCUT2D eigenvalue weighted by Gasteiger charge is -2.47. The van der Waals surface area contributed by atoms with Gasteiger partial charge in [-0.3, -0.25) is 4.79 Å². The molecule has 198 valence electrons. The topological polar surface area (TPSA) is 41.6 Å². The van der Waals surface area contributed by atoms with Gasteiger partial charge in [0, 0.05) is 41.7 Å². The molecule has 4 nitrogen and oxygen atoms in total. The maximum atomic E-state index is 15.6. The molecule has 1 saturated carbocycles. The van der Waals surface area contributed by atoms with Crippen LogP contribution in [-0.2, 0) is 21.4 Å². The van der Waals surface area contributed by atoms with Crippen LogP contribution in [0.3, 0.4) is 0 Å². The lowest BCUT2D eigenvalue weighted by atomic mass is 9.69. The van der Waals surface area contributed by atoms with Crippen molar-refractivity contribution in [2.75, 3.05) is 32.8 Å². The van der Waals surface area contributed by atoms with Crippen molar-refractivity contribution in [3.63, 3.8) is 0 Å². The number of nitrogens with zero attached hydrogens (tertiary/aromatic N) is 1. The van der Waals surface area contributed by atoms with Crippen molar-refractivity contribution in [3.05, 3.63) is 70.0 Å². The van der Waals surface area contributed by atoms with Crippen LogP contribution in [0.2, 0.25) is 5.02 Å². The number of piperidine rings is 1. The number of benzene rings is 2. The first kappa shape index (κ1) is 25.3. The summed E-state index contributed by atoms with van der Waals surface area (Å²) in [6, 6.07) is 14.3. The Balaban J connectivity index is 1.33. The van der Waals surface area contributed by atoms with Crippen LogP contribution in [0.15, 0.2) is 42.5 Å². The van der Waals surface area contributed by atoms with Crippen molar-refractivity contribution in [3.8, 4) is 0 Å². The highest BCUT2D eigenvalue weighted by Crippen LogP contribution is 2.45. The van der Waals surface area contributed by atoms with E-state index in [-0.39, 0.29) is 23.7 Å². The molecular formula is C31H38ClFN2O2. The van der Waals surface area contributed by atoms with E-state index in [1.807, 2.05) is 6.07 Å². The molecule has 0 radical (unpaired) electrons. The fourth-order valence-corrected chi connectivity index (χ4v) is 8.08. The first-order valence-electron chi connectivity index (χ1n) is 14.2. The van der Waals surface area contributed by atoms with Crippen LogP contribution < -0.4 is 5.32 Å². The third-order valence-electron chi connectivity index (χ3n) is 9.66. The van der Waals surface area contributed by atoms with Gasteiger partial charge in [-0.1, -0.05) is 61.2 Å².